The van der Waals surface area contributed by atoms with Crippen LogP contribution in [0.2, 0.25) is 0 Å². The van der Waals surface area contributed by atoms with Crippen molar-refractivity contribution in [1.29, 1.82) is 0 Å². The zero-order chi connectivity index (χ0) is 15.5. The summed E-state index contributed by atoms with van der Waals surface area (Å²) in [7, 11) is 1.39. The molecule has 1 saturated carbocycles. The summed E-state index contributed by atoms with van der Waals surface area (Å²) < 4.78 is 4.82. The molecule has 6 nitrogen and oxygen atoms in total. The van der Waals surface area contributed by atoms with Crippen LogP contribution in [0.5, 0.6) is 0 Å². The van der Waals surface area contributed by atoms with Crippen LogP contribution in [0, 0.1) is 6.92 Å². The molecule has 0 spiro atoms. The van der Waals surface area contributed by atoms with Crippen molar-refractivity contribution in [3.05, 3.63) is 47.0 Å². The van der Waals surface area contributed by atoms with Crippen LogP contribution >= 0.6 is 0 Å². The van der Waals surface area contributed by atoms with Gasteiger partial charge in [0.1, 0.15) is 0 Å². The van der Waals surface area contributed by atoms with Crippen molar-refractivity contribution >= 4 is 11.9 Å². The number of esters is 1. The summed E-state index contributed by atoms with van der Waals surface area (Å²) in [6.07, 6.45) is 3.87. The van der Waals surface area contributed by atoms with Crippen molar-refractivity contribution < 1.29 is 9.53 Å². The van der Waals surface area contributed by atoms with Crippen LogP contribution in [0.4, 0.5) is 5.95 Å². The van der Waals surface area contributed by atoms with E-state index >= 15 is 0 Å². The smallest absolute Gasteiger partial charge is 0.339 e. The zero-order valence-electron chi connectivity index (χ0n) is 12.7. The first-order chi connectivity index (χ1) is 10.7. The van der Waals surface area contributed by atoms with Gasteiger partial charge in [0.15, 0.2) is 0 Å². The Hall–Kier alpha value is -2.50. The lowest BCUT2D eigenvalue weighted by atomic mass is 10.1. The maximum Gasteiger partial charge on any atom is 0.339 e. The summed E-state index contributed by atoms with van der Waals surface area (Å²) in [5.74, 6) is 0.631. The van der Waals surface area contributed by atoms with Crippen molar-refractivity contribution in [3.63, 3.8) is 0 Å². The molecule has 0 aliphatic heterocycles. The van der Waals surface area contributed by atoms with E-state index in [0.717, 1.165) is 29.9 Å². The van der Waals surface area contributed by atoms with Crippen LogP contribution in [0.15, 0.2) is 24.4 Å². The summed E-state index contributed by atoms with van der Waals surface area (Å²) in [4.78, 5) is 24.9. The fourth-order valence-corrected chi connectivity index (χ4v) is 2.27. The standard InChI is InChI=1S/C16H18N4O2/c1-10-7-8-17-16(19-10)18-9-12-5-6-13(15(21)22-2)14(20-12)11-3-4-11/h5-8,11H,3-4,9H2,1-2H3,(H,17,18,19). The number of hydrogen-bond acceptors (Lipinski definition) is 6. The number of carbonyl (C=O) groups excluding carboxylic acids is 1. The monoisotopic (exact) mass is 298 g/mol. The maximum absolute atomic E-state index is 11.8. The average molecular weight is 298 g/mol. The molecule has 1 aliphatic carbocycles. The van der Waals surface area contributed by atoms with Crippen LogP contribution in [0.25, 0.3) is 0 Å². The van der Waals surface area contributed by atoms with Crippen molar-refractivity contribution in [3.8, 4) is 0 Å². The lowest BCUT2D eigenvalue weighted by Crippen LogP contribution is -2.11. The second-order valence-electron chi connectivity index (χ2n) is 5.38. The van der Waals surface area contributed by atoms with E-state index in [-0.39, 0.29) is 5.97 Å². The van der Waals surface area contributed by atoms with E-state index in [0.29, 0.717) is 24.0 Å². The van der Waals surface area contributed by atoms with Crippen LogP contribution in [0.1, 0.15) is 46.2 Å². The quantitative estimate of drug-likeness (QED) is 0.854. The number of hydrogen-bond donors (Lipinski definition) is 1. The van der Waals surface area contributed by atoms with Gasteiger partial charge in [0.2, 0.25) is 5.95 Å². The molecule has 0 bridgehead atoms. The van der Waals surface area contributed by atoms with Gasteiger partial charge in [-0.2, -0.15) is 0 Å². The second-order valence-corrected chi connectivity index (χ2v) is 5.38. The van der Waals surface area contributed by atoms with Crippen LogP contribution in [-0.4, -0.2) is 28.0 Å². The van der Waals surface area contributed by atoms with Crippen LogP contribution in [0.3, 0.4) is 0 Å². The molecule has 1 fully saturated rings. The highest BCUT2D eigenvalue weighted by atomic mass is 16.5. The van der Waals surface area contributed by atoms with E-state index in [4.69, 9.17) is 4.74 Å². The van der Waals surface area contributed by atoms with Gasteiger partial charge in [0, 0.05) is 17.8 Å². The van der Waals surface area contributed by atoms with Crippen molar-refractivity contribution in [2.75, 3.05) is 12.4 Å². The van der Waals surface area contributed by atoms with E-state index in [1.165, 1.54) is 7.11 Å². The Bertz CT molecular complexity index is 698. The molecular formula is C16H18N4O2. The van der Waals surface area contributed by atoms with Crippen molar-refractivity contribution in [2.45, 2.75) is 32.2 Å². The third-order valence-electron chi connectivity index (χ3n) is 3.57. The second kappa shape index (κ2) is 6.09. The molecule has 22 heavy (non-hydrogen) atoms. The molecule has 2 heterocycles. The Balaban J connectivity index is 1.77. The minimum Gasteiger partial charge on any atom is -0.465 e. The molecule has 0 saturated heterocycles. The fraction of sp³-hybridized carbons (Fsp3) is 0.375. The highest BCUT2D eigenvalue weighted by Crippen LogP contribution is 2.40. The Kier molecular flexibility index (Phi) is 4.00. The minimum absolute atomic E-state index is 0.323. The largest absolute Gasteiger partial charge is 0.465 e. The van der Waals surface area contributed by atoms with E-state index < -0.39 is 0 Å². The molecule has 3 rings (SSSR count). The van der Waals surface area contributed by atoms with Gasteiger partial charge in [-0.25, -0.2) is 14.8 Å². The molecule has 0 aromatic carbocycles. The van der Waals surface area contributed by atoms with Gasteiger partial charge in [0.25, 0.3) is 0 Å². The Morgan fingerprint density at radius 2 is 2.14 bits per heavy atom. The topological polar surface area (TPSA) is 77.0 Å². The Labute approximate surface area is 129 Å². The highest BCUT2D eigenvalue weighted by molar-refractivity contribution is 5.90. The third kappa shape index (κ3) is 3.21. The molecule has 2 aromatic heterocycles. The van der Waals surface area contributed by atoms with Gasteiger partial charge in [0.05, 0.1) is 30.6 Å². The zero-order valence-corrected chi connectivity index (χ0v) is 12.7. The number of pyridine rings is 1. The molecule has 0 radical (unpaired) electrons. The molecule has 0 unspecified atom stereocenters. The number of methoxy groups -OCH3 is 1. The molecule has 114 valence electrons. The predicted octanol–water partition coefficient (Wildman–Crippen LogP) is 2.46. The Morgan fingerprint density at radius 3 is 2.82 bits per heavy atom. The molecule has 1 N–H and O–H groups in total. The normalized spacial score (nSPS) is 13.7. The number of aromatic nitrogens is 3. The van der Waals surface area contributed by atoms with E-state index in [2.05, 4.69) is 20.3 Å². The first-order valence-corrected chi connectivity index (χ1v) is 7.29. The number of anilines is 1. The summed E-state index contributed by atoms with van der Waals surface area (Å²) >= 11 is 0. The fourth-order valence-electron chi connectivity index (χ4n) is 2.27. The number of ether oxygens (including phenoxy) is 1. The number of rotatable bonds is 5. The molecule has 1 aliphatic rings. The summed E-state index contributed by atoms with van der Waals surface area (Å²) in [6.45, 7) is 2.44. The Morgan fingerprint density at radius 1 is 1.32 bits per heavy atom. The summed E-state index contributed by atoms with van der Waals surface area (Å²) in [5, 5.41) is 3.15. The van der Waals surface area contributed by atoms with Crippen LogP contribution < -0.4 is 5.32 Å². The molecule has 0 amide bonds. The van der Waals surface area contributed by atoms with E-state index in [9.17, 15) is 4.79 Å². The van der Waals surface area contributed by atoms with Gasteiger partial charge >= 0.3 is 5.97 Å². The number of carbonyl (C=O) groups is 1. The van der Waals surface area contributed by atoms with Crippen molar-refractivity contribution in [1.82, 2.24) is 15.0 Å². The first-order valence-electron chi connectivity index (χ1n) is 7.29. The lowest BCUT2D eigenvalue weighted by molar-refractivity contribution is 0.0598. The summed E-state index contributed by atoms with van der Waals surface area (Å²) in [6, 6.07) is 5.47. The number of aryl methyl sites for hydroxylation is 1. The van der Waals surface area contributed by atoms with E-state index in [1.807, 2.05) is 19.1 Å². The predicted molar refractivity (Wildman–Crippen MR) is 81.6 cm³/mol. The summed E-state index contributed by atoms with van der Waals surface area (Å²) in [5.41, 5.74) is 3.18. The van der Waals surface area contributed by atoms with Gasteiger partial charge in [-0.15, -0.1) is 0 Å². The third-order valence-corrected chi connectivity index (χ3v) is 3.57. The molecule has 2 aromatic rings. The number of nitrogens with zero attached hydrogens (tertiary/aromatic N) is 3. The van der Waals surface area contributed by atoms with E-state index in [1.54, 1.807) is 12.3 Å². The van der Waals surface area contributed by atoms with Gasteiger partial charge in [-0.05, 0) is 38.0 Å². The molecule has 0 atom stereocenters. The van der Waals surface area contributed by atoms with Gasteiger partial charge in [-0.3, -0.25) is 4.98 Å². The van der Waals surface area contributed by atoms with Crippen molar-refractivity contribution in [2.24, 2.45) is 0 Å². The average Bonchev–Trinajstić information content (AvgIpc) is 3.37. The SMILES string of the molecule is COC(=O)c1ccc(CNc2nccc(C)n2)nc1C1CC1. The lowest BCUT2D eigenvalue weighted by Gasteiger charge is -2.10. The maximum atomic E-state index is 11.8. The first kappa shape index (κ1) is 14.4. The van der Waals surface area contributed by atoms with Gasteiger partial charge < -0.3 is 10.1 Å². The molecular weight excluding hydrogens is 280 g/mol. The van der Waals surface area contributed by atoms with Gasteiger partial charge in [-0.1, -0.05) is 0 Å². The molecule has 6 heteroatoms. The number of nitrogens with one attached hydrogen (secondary N) is 1. The minimum atomic E-state index is -0.323. The highest BCUT2D eigenvalue weighted by Gasteiger charge is 2.30. The van der Waals surface area contributed by atoms with Crippen LogP contribution in [-0.2, 0) is 11.3 Å².